The summed E-state index contributed by atoms with van der Waals surface area (Å²) in [7, 11) is 0. The summed E-state index contributed by atoms with van der Waals surface area (Å²) in [4.78, 5) is 13.3. The summed E-state index contributed by atoms with van der Waals surface area (Å²) in [5.74, 6) is -1.89. The van der Waals surface area contributed by atoms with E-state index in [9.17, 15) is 40.5 Å². The molecule has 0 aromatic rings. The van der Waals surface area contributed by atoms with Crippen molar-refractivity contribution in [2.45, 2.75) is 121 Å². The van der Waals surface area contributed by atoms with Gasteiger partial charge in [-0.15, -0.1) is 0 Å². The molecule has 0 radical (unpaired) electrons. The van der Waals surface area contributed by atoms with Gasteiger partial charge in [-0.3, -0.25) is 4.79 Å². The maximum Gasteiger partial charge on any atom is 0.159 e. The molecule has 11 atom stereocenters. The Morgan fingerprint density at radius 3 is 2.29 bits per heavy atom. The molecule has 0 spiro atoms. The minimum Gasteiger partial charge on any atom is -0.392 e. The van der Waals surface area contributed by atoms with Crippen molar-refractivity contribution < 1.29 is 40.5 Å². The Kier molecular flexibility index (Phi) is 6.46. The summed E-state index contributed by atoms with van der Waals surface area (Å²) < 4.78 is 0. The van der Waals surface area contributed by atoms with Crippen molar-refractivity contribution in [1.29, 1.82) is 0 Å². The molecule has 35 heavy (non-hydrogen) atoms. The van der Waals surface area contributed by atoms with Gasteiger partial charge < -0.3 is 35.7 Å². The molecule has 0 aliphatic heterocycles. The highest BCUT2D eigenvalue weighted by molar-refractivity contribution is 5.95. The van der Waals surface area contributed by atoms with Crippen LogP contribution in [0.2, 0.25) is 0 Å². The highest BCUT2D eigenvalue weighted by atomic mass is 16.3. The van der Waals surface area contributed by atoms with E-state index in [2.05, 4.69) is 0 Å². The first kappa shape index (κ1) is 27.2. The van der Waals surface area contributed by atoms with Gasteiger partial charge in [-0.1, -0.05) is 13.8 Å². The van der Waals surface area contributed by atoms with Crippen molar-refractivity contribution >= 4 is 5.78 Å². The molecule has 3 saturated carbocycles. The largest absolute Gasteiger partial charge is 0.392 e. The average Bonchev–Trinajstić information content (AvgIpc) is 2.99. The van der Waals surface area contributed by atoms with Crippen molar-refractivity contribution in [1.82, 2.24) is 0 Å². The van der Waals surface area contributed by atoms with Gasteiger partial charge in [0.1, 0.15) is 0 Å². The summed E-state index contributed by atoms with van der Waals surface area (Å²) in [6.45, 7) is 8.52. The zero-order valence-electron chi connectivity index (χ0n) is 21.6. The van der Waals surface area contributed by atoms with Gasteiger partial charge in [-0.05, 0) is 88.7 Å². The Morgan fingerprint density at radius 1 is 1.06 bits per heavy atom. The summed E-state index contributed by atoms with van der Waals surface area (Å²) in [5, 5.41) is 77.0. The van der Waals surface area contributed by atoms with Gasteiger partial charge in [0.05, 0.1) is 41.2 Å². The molecular formula is C27H44O8. The molecule has 8 heteroatoms. The number of rotatable bonds is 5. The van der Waals surface area contributed by atoms with Crippen molar-refractivity contribution in [2.24, 2.45) is 28.6 Å². The van der Waals surface area contributed by atoms with E-state index in [-0.39, 0.29) is 44.3 Å². The molecular weight excluding hydrogens is 452 g/mol. The Balaban J connectivity index is 1.71. The molecule has 4 aliphatic rings. The summed E-state index contributed by atoms with van der Waals surface area (Å²) >= 11 is 0. The standard InChI is InChI=1S/C27H44O8/c1-23(2,33)8-7-21(32)26(5,34)20-6-9-27(35)15-11-16(28)14-10-17(29)18(30)12-24(14,3)22(15)19(31)13-25(20,27)4/h11,14,17-22,29-35H,6-10,12-13H2,1-5H3/t14?,17?,18?,19-,20?,21+,22?,24+,25-,26-,27-/m0/s1. The second-order valence-corrected chi connectivity index (χ2v) is 13.3. The van der Waals surface area contributed by atoms with E-state index in [4.69, 9.17) is 0 Å². The normalized spacial score (nSPS) is 48.3. The monoisotopic (exact) mass is 496 g/mol. The van der Waals surface area contributed by atoms with Gasteiger partial charge in [0, 0.05) is 17.3 Å². The van der Waals surface area contributed by atoms with Crippen LogP contribution in [0, 0.1) is 28.6 Å². The molecule has 7 N–H and O–H groups in total. The van der Waals surface area contributed by atoms with Gasteiger partial charge in [0.15, 0.2) is 5.78 Å². The van der Waals surface area contributed by atoms with Crippen molar-refractivity contribution in [2.75, 3.05) is 0 Å². The third-order valence-electron chi connectivity index (χ3n) is 10.5. The quantitative estimate of drug-likeness (QED) is 0.295. The zero-order valence-corrected chi connectivity index (χ0v) is 21.6. The molecule has 0 aromatic carbocycles. The number of fused-ring (bicyclic) bond motifs is 5. The van der Waals surface area contributed by atoms with E-state index < -0.39 is 69.8 Å². The maximum atomic E-state index is 13.3. The Bertz CT molecular complexity index is 892. The number of allylic oxidation sites excluding steroid dienone is 1. The number of aliphatic hydroxyl groups excluding tert-OH is 4. The fourth-order valence-corrected chi connectivity index (χ4v) is 8.44. The number of aliphatic hydroxyl groups is 7. The van der Waals surface area contributed by atoms with Gasteiger partial charge in [-0.2, -0.15) is 0 Å². The second-order valence-electron chi connectivity index (χ2n) is 13.3. The third kappa shape index (κ3) is 3.95. The lowest BCUT2D eigenvalue weighted by Crippen LogP contribution is -2.66. The van der Waals surface area contributed by atoms with Crippen LogP contribution in [-0.2, 0) is 4.79 Å². The zero-order chi connectivity index (χ0) is 26.4. The maximum absolute atomic E-state index is 13.3. The fourth-order valence-electron chi connectivity index (χ4n) is 8.44. The molecule has 4 aliphatic carbocycles. The minimum absolute atomic E-state index is 0.115. The third-order valence-corrected chi connectivity index (χ3v) is 10.5. The molecule has 4 rings (SSSR count). The van der Waals surface area contributed by atoms with E-state index in [1.807, 2.05) is 13.8 Å². The lowest BCUT2D eigenvalue weighted by molar-refractivity contribution is -0.197. The van der Waals surface area contributed by atoms with E-state index in [1.165, 1.54) is 6.08 Å². The first-order valence-electron chi connectivity index (χ1n) is 13.0. The van der Waals surface area contributed by atoms with Crippen molar-refractivity contribution in [3.8, 4) is 0 Å². The fraction of sp³-hybridized carbons (Fsp3) is 0.889. The molecule has 0 amide bonds. The van der Waals surface area contributed by atoms with Gasteiger partial charge in [-0.25, -0.2) is 0 Å². The van der Waals surface area contributed by atoms with Crippen LogP contribution in [0.1, 0.15) is 79.6 Å². The van der Waals surface area contributed by atoms with E-state index in [0.29, 0.717) is 12.0 Å². The van der Waals surface area contributed by atoms with Crippen LogP contribution in [0.25, 0.3) is 0 Å². The van der Waals surface area contributed by atoms with E-state index >= 15 is 0 Å². The van der Waals surface area contributed by atoms with Crippen LogP contribution in [0.15, 0.2) is 11.6 Å². The highest BCUT2D eigenvalue weighted by Crippen LogP contribution is 2.68. The van der Waals surface area contributed by atoms with Crippen LogP contribution >= 0.6 is 0 Å². The highest BCUT2D eigenvalue weighted by Gasteiger charge is 2.71. The predicted octanol–water partition coefficient (Wildman–Crippen LogP) is 0.825. The van der Waals surface area contributed by atoms with Gasteiger partial charge >= 0.3 is 0 Å². The van der Waals surface area contributed by atoms with E-state index in [1.54, 1.807) is 20.8 Å². The Labute approximate surface area is 207 Å². The number of ketones is 1. The van der Waals surface area contributed by atoms with Crippen molar-refractivity contribution in [3.05, 3.63) is 11.6 Å². The van der Waals surface area contributed by atoms with Gasteiger partial charge in [0.25, 0.3) is 0 Å². The molecule has 5 unspecified atom stereocenters. The van der Waals surface area contributed by atoms with E-state index in [0.717, 1.165) is 0 Å². The van der Waals surface area contributed by atoms with Gasteiger partial charge in [0.2, 0.25) is 0 Å². The Hall–Kier alpha value is -0.870. The first-order chi connectivity index (χ1) is 15.9. The molecule has 0 aromatic heterocycles. The van der Waals surface area contributed by atoms with Crippen LogP contribution in [0.3, 0.4) is 0 Å². The number of hydrogen-bond donors (Lipinski definition) is 7. The van der Waals surface area contributed by atoms with Crippen LogP contribution in [-0.4, -0.2) is 82.7 Å². The molecule has 200 valence electrons. The Morgan fingerprint density at radius 2 is 1.69 bits per heavy atom. The molecule has 0 bridgehead atoms. The summed E-state index contributed by atoms with van der Waals surface area (Å²) in [6.07, 6.45) is -1.08. The van der Waals surface area contributed by atoms with Crippen LogP contribution < -0.4 is 0 Å². The summed E-state index contributed by atoms with van der Waals surface area (Å²) in [5.41, 5.74) is -5.42. The summed E-state index contributed by atoms with van der Waals surface area (Å²) in [6, 6.07) is 0. The molecule has 0 saturated heterocycles. The number of carbonyl (C=O) groups is 1. The molecule has 3 fully saturated rings. The average molecular weight is 497 g/mol. The first-order valence-corrected chi connectivity index (χ1v) is 13.0. The lowest BCUT2D eigenvalue weighted by Gasteiger charge is -2.62. The van der Waals surface area contributed by atoms with Crippen molar-refractivity contribution in [3.63, 3.8) is 0 Å². The predicted molar refractivity (Wildman–Crippen MR) is 128 cm³/mol. The molecule has 0 heterocycles. The number of hydrogen-bond acceptors (Lipinski definition) is 8. The SMILES string of the molecule is CC(C)(O)CC[C@@H](O)[C@@](C)(O)C1CC[C@]2(O)C3=CC(=O)C4CC(O)C(O)C[C@@]4(C)C3[C@@H](O)C[C@@]12C. The van der Waals surface area contributed by atoms with Crippen LogP contribution in [0.5, 0.6) is 0 Å². The molecule has 8 nitrogen and oxygen atoms in total. The second kappa shape index (κ2) is 8.32. The topological polar surface area (TPSA) is 159 Å². The smallest absolute Gasteiger partial charge is 0.159 e. The van der Waals surface area contributed by atoms with Crippen LogP contribution in [0.4, 0.5) is 0 Å². The number of carbonyl (C=O) groups excluding carboxylic acids is 1. The lowest BCUT2D eigenvalue weighted by atomic mass is 9.45. The minimum atomic E-state index is -1.59.